The molecule has 0 saturated carbocycles. The molecule has 0 unspecified atom stereocenters. The second-order valence-electron chi connectivity index (χ2n) is 6.83. The molecule has 6 heteroatoms. The number of nitrogens with zero attached hydrogens (tertiary/aromatic N) is 1. The normalized spacial score (nSPS) is 19.1. The number of hydrogen-bond donors (Lipinski definition) is 2. The van der Waals surface area contributed by atoms with E-state index in [0.717, 1.165) is 21.7 Å². The fourth-order valence-electron chi connectivity index (χ4n) is 3.30. The van der Waals surface area contributed by atoms with Crippen LogP contribution in [0.25, 0.3) is 0 Å². The lowest BCUT2D eigenvalue weighted by Gasteiger charge is -2.25. The van der Waals surface area contributed by atoms with Crippen LogP contribution < -0.4 is 10.7 Å². The molecule has 2 N–H and O–H groups in total. The van der Waals surface area contributed by atoms with E-state index >= 15 is 0 Å². The summed E-state index contributed by atoms with van der Waals surface area (Å²) in [4.78, 5) is 37.8. The summed E-state index contributed by atoms with van der Waals surface area (Å²) in [6.45, 7) is 5.80. The van der Waals surface area contributed by atoms with Crippen molar-refractivity contribution in [2.45, 2.75) is 39.2 Å². The van der Waals surface area contributed by atoms with Gasteiger partial charge in [-0.15, -0.1) is 0 Å². The van der Waals surface area contributed by atoms with Gasteiger partial charge >= 0.3 is 6.03 Å². The van der Waals surface area contributed by atoms with Gasteiger partial charge < -0.3 is 5.32 Å². The minimum atomic E-state index is -1.16. The molecule has 1 atom stereocenters. The van der Waals surface area contributed by atoms with Gasteiger partial charge in [-0.05, 0) is 42.5 Å². The number of nitrogens with one attached hydrogen (secondary N) is 2. The van der Waals surface area contributed by atoms with Crippen molar-refractivity contribution in [1.82, 2.24) is 15.8 Å². The van der Waals surface area contributed by atoms with Gasteiger partial charge in [0.05, 0.1) is 6.42 Å². The lowest BCUT2D eigenvalue weighted by molar-refractivity contribution is -0.139. The van der Waals surface area contributed by atoms with Crippen LogP contribution in [-0.4, -0.2) is 22.9 Å². The Morgan fingerprint density at radius 2 is 1.78 bits per heavy atom. The largest absolute Gasteiger partial charge is 0.344 e. The Bertz CT molecular complexity index is 895. The van der Waals surface area contributed by atoms with Crippen molar-refractivity contribution >= 4 is 17.8 Å². The summed E-state index contributed by atoms with van der Waals surface area (Å²) in [7, 11) is 0. The Kier molecular flexibility index (Phi) is 4.99. The highest BCUT2D eigenvalue weighted by atomic mass is 16.2. The van der Waals surface area contributed by atoms with Crippen molar-refractivity contribution < 1.29 is 14.4 Å². The zero-order valence-corrected chi connectivity index (χ0v) is 15.7. The zero-order chi connectivity index (χ0) is 19.6. The lowest BCUT2D eigenvalue weighted by Crippen LogP contribution is -2.49. The van der Waals surface area contributed by atoms with E-state index in [1.807, 2.05) is 57.2 Å². The molecule has 0 radical (unpaired) electrons. The number of hydrazine groups is 1. The molecule has 1 aliphatic heterocycles. The molecule has 140 valence electrons. The number of carbonyl (C=O) groups is 3. The van der Waals surface area contributed by atoms with Gasteiger partial charge in [-0.2, -0.15) is 5.01 Å². The van der Waals surface area contributed by atoms with Crippen LogP contribution in [0, 0.1) is 13.8 Å². The van der Waals surface area contributed by atoms with Crippen molar-refractivity contribution in [3.05, 3.63) is 70.8 Å². The third kappa shape index (κ3) is 3.43. The number of imide groups is 1. The van der Waals surface area contributed by atoms with Gasteiger partial charge in [0.1, 0.15) is 5.54 Å². The molecule has 6 nitrogen and oxygen atoms in total. The van der Waals surface area contributed by atoms with Crippen LogP contribution in [-0.2, 0) is 21.5 Å². The molecule has 27 heavy (non-hydrogen) atoms. The van der Waals surface area contributed by atoms with E-state index in [4.69, 9.17) is 0 Å². The number of hydrogen-bond acceptors (Lipinski definition) is 3. The second-order valence-corrected chi connectivity index (χ2v) is 6.83. The molecule has 1 fully saturated rings. The Morgan fingerprint density at radius 1 is 1.07 bits per heavy atom. The van der Waals surface area contributed by atoms with Crippen molar-refractivity contribution in [3.63, 3.8) is 0 Å². The number of rotatable bonds is 5. The number of amides is 4. The average molecular weight is 365 g/mol. The van der Waals surface area contributed by atoms with Crippen LogP contribution in [0.5, 0.6) is 0 Å². The summed E-state index contributed by atoms with van der Waals surface area (Å²) in [5.74, 6) is -0.892. The number of aryl methyl sites for hydroxylation is 2. The van der Waals surface area contributed by atoms with Crippen LogP contribution in [0.4, 0.5) is 4.79 Å². The zero-order valence-electron chi connectivity index (χ0n) is 15.7. The second kappa shape index (κ2) is 7.23. The third-order valence-corrected chi connectivity index (χ3v) is 5.06. The SMILES string of the molecule is CC[C@@]1(c2ccccc2)NC(=O)N(NC(=O)Cc2ccc(C)c(C)c2)C1=O. The van der Waals surface area contributed by atoms with Gasteiger partial charge in [0.2, 0.25) is 5.91 Å². The van der Waals surface area contributed by atoms with Crippen LogP contribution in [0.2, 0.25) is 0 Å². The fraction of sp³-hybridized carbons (Fsp3) is 0.286. The standard InChI is InChI=1S/C21H23N3O3/c1-4-21(17-8-6-5-7-9-17)19(26)24(20(27)22-21)23-18(25)13-16-11-10-14(2)15(3)12-16/h5-12H,4,13H2,1-3H3,(H,22,27)(H,23,25)/t21-/m0/s1. The maximum Gasteiger partial charge on any atom is 0.344 e. The molecule has 0 aromatic heterocycles. The molecule has 2 aromatic rings. The molecule has 1 saturated heterocycles. The molecular formula is C21H23N3O3. The molecule has 3 rings (SSSR count). The summed E-state index contributed by atoms with van der Waals surface area (Å²) in [5.41, 5.74) is 5.04. The number of carbonyl (C=O) groups excluding carboxylic acids is 3. The van der Waals surface area contributed by atoms with Crippen LogP contribution in [0.3, 0.4) is 0 Å². The molecule has 1 heterocycles. The first-order chi connectivity index (χ1) is 12.9. The third-order valence-electron chi connectivity index (χ3n) is 5.06. The molecule has 0 aliphatic carbocycles. The monoisotopic (exact) mass is 365 g/mol. The van der Waals surface area contributed by atoms with E-state index in [1.54, 1.807) is 12.1 Å². The fourth-order valence-corrected chi connectivity index (χ4v) is 3.30. The predicted molar refractivity (Wildman–Crippen MR) is 102 cm³/mol. The summed E-state index contributed by atoms with van der Waals surface area (Å²) >= 11 is 0. The topological polar surface area (TPSA) is 78.5 Å². The van der Waals surface area contributed by atoms with Crippen LogP contribution >= 0.6 is 0 Å². The maximum atomic E-state index is 13.0. The van der Waals surface area contributed by atoms with Crippen molar-refractivity contribution in [1.29, 1.82) is 0 Å². The summed E-state index contributed by atoms with van der Waals surface area (Å²) in [5, 5.41) is 3.53. The first-order valence-corrected chi connectivity index (χ1v) is 8.95. The van der Waals surface area contributed by atoms with E-state index in [1.165, 1.54) is 0 Å². The molecule has 2 aromatic carbocycles. The van der Waals surface area contributed by atoms with E-state index < -0.39 is 23.4 Å². The van der Waals surface area contributed by atoms with E-state index in [-0.39, 0.29) is 6.42 Å². The van der Waals surface area contributed by atoms with Crippen LogP contribution in [0.15, 0.2) is 48.5 Å². The molecular weight excluding hydrogens is 342 g/mol. The molecule has 0 bridgehead atoms. The smallest absolute Gasteiger partial charge is 0.318 e. The van der Waals surface area contributed by atoms with E-state index in [9.17, 15) is 14.4 Å². The van der Waals surface area contributed by atoms with Crippen molar-refractivity contribution in [3.8, 4) is 0 Å². The minimum absolute atomic E-state index is 0.0860. The Hall–Kier alpha value is -3.15. The van der Waals surface area contributed by atoms with E-state index in [2.05, 4.69) is 10.7 Å². The highest BCUT2D eigenvalue weighted by Gasteiger charge is 2.52. The lowest BCUT2D eigenvalue weighted by atomic mass is 9.87. The van der Waals surface area contributed by atoms with Gasteiger partial charge in [-0.25, -0.2) is 4.79 Å². The molecule has 1 aliphatic rings. The van der Waals surface area contributed by atoms with Gasteiger partial charge in [-0.3, -0.25) is 15.0 Å². The summed E-state index contributed by atoms with van der Waals surface area (Å²) < 4.78 is 0. The first kappa shape index (κ1) is 18.6. The maximum absolute atomic E-state index is 13.0. The first-order valence-electron chi connectivity index (χ1n) is 8.95. The Balaban J connectivity index is 1.77. The van der Waals surface area contributed by atoms with E-state index in [0.29, 0.717) is 12.0 Å². The predicted octanol–water partition coefficient (Wildman–Crippen LogP) is 2.73. The van der Waals surface area contributed by atoms with Gasteiger partial charge in [0, 0.05) is 0 Å². The summed E-state index contributed by atoms with van der Waals surface area (Å²) in [6.07, 6.45) is 0.466. The number of benzene rings is 2. The minimum Gasteiger partial charge on any atom is -0.318 e. The van der Waals surface area contributed by atoms with Gasteiger partial charge in [0.15, 0.2) is 0 Å². The van der Waals surface area contributed by atoms with Gasteiger partial charge in [-0.1, -0.05) is 55.5 Å². The quantitative estimate of drug-likeness (QED) is 0.800. The molecule has 0 spiro atoms. The van der Waals surface area contributed by atoms with Crippen molar-refractivity contribution in [2.75, 3.05) is 0 Å². The summed E-state index contributed by atoms with van der Waals surface area (Å²) in [6, 6.07) is 14.2. The van der Waals surface area contributed by atoms with Gasteiger partial charge in [0.25, 0.3) is 5.91 Å². The Morgan fingerprint density at radius 3 is 2.41 bits per heavy atom. The Labute approximate surface area is 158 Å². The van der Waals surface area contributed by atoms with Crippen molar-refractivity contribution in [2.24, 2.45) is 0 Å². The van der Waals surface area contributed by atoms with Crippen LogP contribution in [0.1, 0.15) is 35.6 Å². The number of urea groups is 1. The average Bonchev–Trinajstić information content (AvgIpc) is 2.90. The highest BCUT2D eigenvalue weighted by Crippen LogP contribution is 2.31. The molecule has 4 amide bonds. The highest BCUT2D eigenvalue weighted by molar-refractivity contribution is 6.08.